The zero-order chi connectivity index (χ0) is 20.7. The molecule has 166 valence electrons. The fraction of sp³-hybridized carbons (Fsp3) is 0.840. The van der Waals surface area contributed by atoms with E-state index in [1.165, 1.54) is 57.8 Å². The molecule has 1 aliphatic carbocycles. The summed E-state index contributed by atoms with van der Waals surface area (Å²) in [6, 6.07) is 0. The van der Waals surface area contributed by atoms with Gasteiger partial charge in [-0.15, -0.1) is 0 Å². The van der Waals surface area contributed by atoms with Crippen molar-refractivity contribution in [1.29, 1.82) is 0 Å². The molecule has 2 rings (SSSR count). The number of esters is 2. The highest BCUT2D eigenvalue weighted by atomic mass is 16.5. The molecule has 1 heterocycles. The summed E-state index contributed by atoms with van der Waals surface area (Å²) in [7, 11) is 0. The number of cyclic esters (lactones) is 2. The van der Waals surface area contributed by atoms with Crippen molar-refractivity contribution in [1.82, 2.24) is 0 Å². The summed E-state index contributed by atoms with van der Waals surface area (Å²) in [4.78, 5) is 25.4. The van der Waals surface area contributed by atoms with Gasteiger partial charge in [0.2, 0.25) is 0 Å². The van der Waals surface area contributed by atoms with Gasteiger partial charge in [-0.3, -0.25) is 9.59 Å². The molecule has 0 aromatic rings. The average Bonchev–Trinajstić information content (AvgIpc) is 2.74. The predicted octanol–water partition coefficient (Wildman–Crippen LogP) is 6.52. The van der Waals surface area contributed by atoms with Crippen molar-refractivity contribution < 1.29 is 19.1 Å². The predicted molar refractivity (Wildman–Crippen MR) is 117 cm³/mol. The maximum Gasteiger partial charge on any atom is 0.310 e. The first kappa shape index (κ1) is 24.0. The molecule has 29 heavy (non-hydrogen) atoms. The first-order chi connectivity index (χ1) is 14.2. The van der Waals surface area contributed by atoms with E-state index in [4.69, 9.17) is 9.47 Å². The third-order valence-corrected chi connectivity index (χ3v) is 6.53. The molecule has 1 unspecified atom stereocenters. The number of fused-ring (bicyclic) bond motifs is 1. The second-order valence-corrected chi connectivity index (χ2v) is 8.91. The molecule has 2 aliphatic rings. The van der Waals surface area contributed by atoms with E-state index in [2.05, 4.69) is 6.58 Å². The molecule has 0 bridgehead atoms. The molecule has 0 N–H and O–H groups in total. The molecule has 1 aliphatic heterocycles. The van der Waals surface area contributed by atoms with Crippen LogP contribution in [0.5, 0.6) is 0 Å². The molecule has 1 saturated heterocycles. The Labute approximate surface area is 177 Å². The second-order valence-electron chi connectivity index (χ2n) is 8.91. The Bertz CT molecular complexity index is 487. The van der Waals surface area contributed by atoms with Crippen molar-refractivity contribution in [2.75, 3.05) is 6.61 Å². The summed E-state index contributed by atoms with van der Waals surface area (Å²) in [5.41, 5.74) is 0. The maximum absolute atomic E-state index is 12.8. The van der Waals surface area contributed by atoms with Gasteiger partial charge in [0.1, 0.15) is 6.10 Å². The molecule has 0 aromatic carbocycles. The second kappa shape index (κ2) is 14.6. The fourth-order valence-electron chi connectivity index (χ4n) is 4.65. The number of rotatable bonds is 1. The molecule has 0 radical (unpaired) electrons. The molecule has 3 atom stereocenters. The molecule has 2 fully saturated rings. The Morgan fingerprint density at radius 1 is 0.621 bits per heavy atom. The highest BCUT2D eigenvalue weighted by molar-refractivity contribution is 5.82. The lowest BCUT2D eigenvalue weighted by molar-refractivity contribution is -0.165. The van der Waals surface area contributed by atoms with Crippen LogP contribution in [0, 0.1) is 11.8 Å². The number of hydrogen-bond acceptors (Lipinski definition) is 4. The smallest absolute Gasteiger partial charge is 0.310 e. The molecule has 0 amide bonds. The number of hydrogen-bond donors (Lipinski definition) is 0. The van der Waals surface area contributed by atoms with Gasteiger partial charge in [0.05, 0.1) is 18.4 Å². The van der Waals surface area contributed by atoms with Gasteiger partial charge in [-0.05, 0) is 32.1 Å². The van der Waals surface area contributed by atoms with Gasteiger partial charge in [-0.25, -0.2) is 0 Å². The fourth-order valence-corrected chi connectivity index (χ4v) is 4.65. The summed E-state index contributed by atoms with van der Waals surface area (Å²) in [5, 5.41) is 0. The van der Waals surface area contributed by atoms with Crippen molar-refractivity contribution >= 4 is 11.9 Å². The van der Waals surface area contributed by atoms with Gasteiger partial charge in [0.15, 0.2) is 0 Å². The molecular weight excluding hydrogens is 364 g/mol. The highest BCUT2D eigenvalue weighted by Crippen LogP contribution is 2.32. The SMILES string of the molecule is C=CC1CCCCCCCCCCCCCCOC(=O)[C@H]2CCCC[C@@H]2C(=O)O1. The molecule has 0 aromatic heterocycles. The van der Waals surface area contributed by atoms with Gasteiger partial charge in [0, 0.05) is 0 Å². The van der Waals surface area contributed by atoms with Crippen LogP contribution in [-0.2, 0) is 19.1 Å². The zero-order valence-corrected chi connectivity index (χ0v) is 18.4. The van der Waals surface area contributed by atoms with Crippen molar-refractivity contribution in [2.45, 2.75) is 115 Å². The van der Waals surface area contributed by atoms with E-state index in [9.17, 15) is 9.59 Å². The lowest BCUT2D eigenvalue weighted by atomic mass is 9.79. The summed E-state index contributed by atoms with van der Waals surface area (Å²) < 4.78 is 11.3. The maximum atomic E-state index is 12.8. The van der Waals surface area contributed by atoms with Crippen LogP contribution in [0.15, 0.2) is 12.7 Å². The minimum atomic E-state index is -0.354. The lowest BCUT2D eigenvalue weighted by Gasteiger charge is -2.29. The number of carbonyl (C=O) groups is 2. The zero-order valence-electron chi connectivity index (χ0n) is 18.4. The largest absolute Gasteiger partial charge is 0.465 e. The summed E-state index contributed by atoms with van der Waals surface area (Å²) in [6.07, 6.45) is 20.4. The molecule has 1 saturated carbocycles. The third-order valence-electron chi connectivity index (χ3n) is 6.53. The van der Waals surface area contributed by atoms with E-state index in [-0.39, 0.29) is 29.9 Å². The van der Waals surface area contributed by atoms with E-state index in [0.717, 1.165) is 51.4 Å². The molecular formula is C25H42O4. The Morgan fingerprint density at radius 3 is 1.62 bits per heavy atom. The summed E-state index contributed by atoms with van der Waals surface area (Å²) >= 11 is 0. The standard InChI is InChI=1S/C25H42O4/c1-2-21-17-13-11-9-7-5-3-4-6-8-10-12-16-20-28-24(26)22-18-14-15-19-23(22)25(27)29-21/h2,21-23H,1,3-20H2/t21?,22-,23-/m0/s1. The van der Waals surface area contributed by atoms with Crippen LogP contribution in [0.1, 0.15) is 109 Å². The topological polar surface area (TPSA) is 52.6 Å². The van der Waals surface area contributed by atoms with Gasteiger partial charge in [-0.2, -0.15) is 0 Å². The lowest BCUT2D eigenvalue weighted by Crippen LogP contribution is -2.36. The number of ether oxygens (including phenoxy) is 2. The minimum Gasteiger partial charge on any atom is -0.465 e. The first-order valence-electron chi connectivity index (χ1n) is 12.2. The average molecular weight is 407 g/mol. The van der Waals surface area contributed by atoms with Gasteiger partial charge in [0.25, 0.3) is 0 Å². The molecule has 4 heteroatoms. The van der Waals surface area contributed by atoms with Crippen molar-refractivity contribution in [2.24, 2.45) is 11.8 Å². The van der Waals surface area contributed by atoms with Crippen molar-refractivity contribution in [3.8, 4) is 0 Å². The number of carbonyl (C=O) groups excluding carboxylic acids is 2. The normalized spacial score (nSPS) is 30.1. The first-order valence-corrected chi connectivity index (χ1v) is 12.2. The van der Waals surface area contributed by atoms with Crippen LogP contribution in [0.3, 0.4) is 0 Å². The molecule has 0 spiro atoms. The van der Waals surface area contributed by atoms with Gasteiger partial charge < -0.3 is 9.47 Å². The summed E-state index contributed by atoms with van der Waals surface area (Å²) in [6.45, 7) is 4.33. The Balaban J connectivity index is 1.91. The van der Waals surface area contributed by atoms with E-state index < -0.39 is 0 Å². The van der Waals surface area contributed by atoms with E-state index in [0.29, 0.717) is 6.61 Å². The quantitative estimate of drug-likeness (QED) is 0.367. The van der Waals surface area contributed by atoms with Crippen molar-refractivity contribution in [3.63, 3.8) is 0 Å². The molecule has 4 nitrogen and oxygen atoms in total. The van der Waals surface area contributed by atoms with E-state index >= 15 is 0 Å². The van der Waals surface area contributed by atoms with Crippen LogP contribution >= 0.6 is 0 Å². The Hall–Kier alpha value is -1.32. The van der Waals surface area contributed by atoms with Crippen LogP contribution in [-0.4, -0.2) is 24.6 Å². The van der Waals surface area contributed by atoms with E-state index in [1.54, 1.807) is 6.08 Å². The third kappa shape index (κ3) is 9.35. The monoisotopic (exact) mass is 406 g/mol. The van der Waals surface area contributed by atoms with Crippen LogP contribution < -0.4 is 0 Å². The Kier molecular flexibility index (Phi) is 12.1. The van der Waals surface area contributed by atoms with Gasteiger partial charge >= 0.3 is 11.9 Å². The highest BCUT2D eigenvalue weighted by Gasteiger charge is 2.38. The van der Waals surface area contributed by atoms with Gasteiger partial charge in [-0.1, -0.05) is 89.7 Å². The van der Waals surface area contributed by atoms with Crippen molar-refractivity contribution in [3.05, 3.63) is 12.7 Å². The van der Waals surface area contributed by atoms with Crippen LogP contribution in [0.25, 0.3) is 0 Å². The summed E-state index contributed by atoms with van der Waals surface area (Å²) in [5.74, 6) is -1.13. The van der Waals surface area contributed by atoms with E-state index in [1.807, 2.05) is 0 Å². The minimum absolute atomic E-state index is 0.201. The van der Waals surface area contributed by atoms with Crippen LogP contribution in [0.4, 0.5) is 0 Å². The Morgan fingerprint density at radius 2 is 1.07 bits per heavy atom. The van der Waals surface area contributed by atoms with Crippen LogP contribution in [0.2, 0.25) is 0 Å².